The maximum Gasteiger partial charge on any atom is 0.309 e. The van der Waals surface area contributed by atoms with Gasteiger partial charge in [0.25, 0.3) is 0 Å². The van der Waals surface area contributed by atoms with Gasteiger partial charge in [-0.15, -0.1) is 0 Å². The number of carbonyl (C=O) groups is 2. The van der Waals surface area contributed by atoms with E-state index < -0.39 is 5.60 Å². The van der Waals surface area contributed by atoms with Crippen molar-refractivity contribution in [2.24, 2.45) is 11.8 Å². The molecule has 1 aliphatic carbocycles. The lowest BCUT2D eigenvalue weighted by Crippen LogP contribution is -2.37. The molecule has 17 heavy (non-hydrogen) atoms. The van der Waals surface area contributed by atoms with E-state index in [9.17, 15) is 9.59 Å². The van der Waals surface area contributed by atoms with Crippen molar-refractivity contribution in [1.29, 1.82) is 0 Å². The molecule has 1 saturated carbocycles. The predicted molar refractivity (Wildman–Crippen MR) is 61.2 cm³/mol. The minimum Gasteiger partial charge on any atom is -0.466 e. The Hall–Kier alpha value is -1.06. The fraction of sp³-hybridized carbons (Fsp3) is 0.846. The summed E-state index contributed by atoms with van der Waals surface area (Å²) in [7, 11) is 0. The van der Waals surface area contributed by atoms with Gasteiger partial charge in [0.05, 0.1) is 18.9 Å². The van der Waals surface area contributed by atoms with Crippen LogP contribution >= 0.6 is 0 Å². The highest BCUT2D eigenvalue weighted by Gasteiger charge is 2.54. The van der Waals surface area contributed by atoms with Crippen molar-refractivity contribution in [1.82, 2.24) is 0 Å². The fourth-order valence-corrected chi connectivity index (χ4v) is 3.19. The van der Waals surface area contributed by atoms with E-state index in [0.717, 1.165) is 25.7 Å². The lowest BCUT2D eigenvalue weighted by Gasteiger charge is -2.32. The average Bonchev–Trinajstić information content (AvgIpc) is 2.52. The van der Waals surface area contributed by atoms with E-state index in [2.05, 4.69) is 0 Å². The molecular weight excluding hydrogens is 220 g/mol. The van der Waals surface area contributed by atoms with Crippen LogP contribution in [0.5, 0.6) is 0 Å². The van der Waals surface area contributed by atoms with Gasteiger partial charge in [0.1, 0.15) is 5.60 Å². The quantitative estimate of drug-likeness (QED) is 0.708. The van der Waals surface area contributed by atoms with Crippen LogP contribution in [0.15, 0.2) is 0 Å². The summed E-state index contributed by atoms with van der Waals surface area (Å²) < 4.78 is 10.4. The van der Waals surface area contributed by atoms with Crippen LogP contribution in [-0.4, -0.2) is 24.1 Å². The summed E-state index contributed by atoms with van der Waals surface area (Å²) in [6.45, 7) is 4.03. The third-order valence-electron chi connectivity index (χ3n) is 3.99. The van der Waals surface area contributed by atoms with Gasteiger partial charge < -0.3 is 9.47 Å². The number of hydrogen-bond donors (Lipinski definition) is 0. The highest BCUT2D eigenvalue weighted by Crippen LogP contribution is 2.47. The number of esters is 2. The van der Waals surface area contributed by atoms with Gasteiger partial charge in [-0.3, -0.25) is 9.59 Å². The van der Waals surface area contributed by atoms with Crippen LogP contribution in [0.2, 0.25) is 0 Å². The van der Waals surface area contributed by atoms with Gasteiger partial charge in [-0.05, 0) is 26.7 Å². The van der Waals surface area contributed by atoms with Crippen LogP contribution in [0.3, 0.4) is 0 Å². The van der Waals surface area contributed by atoms with Crippen molar-refractivity contribution in [3.63, 3.8) is 0 Å². The summed E-state index contributed by atoms with van der Waals surface area (Å²) in [6, 6.07) is 0. The van der Waals surface area contributed by atoms with Crippen molar-refractivity contribution < 1.29 is 19.1 Å². The first kappa shape index (κ1) is 12.4. The Bertz CT molecular complexity index is 325. The van der Waals surface area contributed by atoms with Crippen molar-refractivity contribution in [3.8, 4) is 0 Å². The first-order chi connectivity index (χ1) is 8.07. The molecule has 3 atom stereocenters. The van der Waals surface area contributed by atoms with E-state index in [0.29, 0.717) is 6.61 Å². The molecule has 0 spiro atoms. The van der Waals surface area contributed by atoms with Crippen molar-refractivity contribution >= 4 is 11.9 Å². The Morgan fingerprint density at radius 2 is 2.18 bits per heavy atom. The van der Waals surface area contributed by atoms with Gasteiger partial charge in [0.15, 0.2) is 0 Å². The largest absolute Gasteiger partial charge is 0.466 e. The summed E-state index contributed by atoms with van der Waals surface area (Å²) in [5.41, 5.74) is -0.644. The zero-order chi connectivity index (χ0) is 12.5. The molecule has 4 nitrogen and oxygen atoms in total. The van der Waals surface area contributed by atoms with E-state index in [1.165, 1.54) is 0 Å². The maximum absolute atomic E-state index is 11.8. The summed E-state index contributed by atoms with van der Waals surface area (Å²) >= 11 is 0. The molecular formula is C13H20O4. The lowest BCUT2D eigenvalue weighted by molar-refractivity contribution is -0.157. The van der Waals surface area contributed by atoms with Gasteiger partial charge in [-0.2, -0.15) is 0 Å². The first-order valence-electron chi connectivity index (χ1n) is 6.45. The molecule has 1 aliphatic heterocycles. The smallest absolute Gasteiger partial charge is 0.309 e. The number of carbonyl (C=O) groups excluding carboxylic acids is 2. The minimum absolute atomic E-state index is 0.00294. The molecule has 1 saturated heterocycles. The van der Waals surface area contributed by atoms with E-state index in [1.54, 1.807) is 6.92 Å². The molecule has 0 unspecified atom stereocenters. The number of rotatable bonds is 3. The molecule has 0 radical (unpaired) electrons. The number of fused-ring (bicyclic) bond motifs is 1. The Labute approximate surface area is 102 Å². The number of cyclic esters (lactones) is 1. The molecule has 0 amide bonds. The standard InChI is InChI=1S/C13H20O4/c1-3-16-11(14)8-13(2)10-7-5-4-6-9(10)12(15)17-13/h9-10H,3-8H2,1-2H3/t9-,10+,13-/m0/s1. The summed E-state index contributed by atoms with van der Waals surface area (Å²) in [6.07, 6.45) is 4.28. The Kier molecular flexibility index (Phi) is 3.40. The monoisotopic (exact) mass is 240 g/mol. The van der Waals surface area contributed by atoms with Gasteiger partial charge in [-0.25, -0.2) is 0 Å². The highest BCUT2D eigenvalue weighted by molar-refractivity contribution is 5.78. The summed E-state index contributed by atoms with van der Waals surface area (Å²) in [5.74, 6) is -0.202. The molecule has 1 heterocycles. The van der Waals surface area contributed by atoms with Crippen LogP contribution in [0.25, 0.3) is 0 Å². The second-order valence-electron chi connectivity index (χ2n) is 5.21. The van der Waals surface area contributed by atoms with Crippen LogP contribution in [0, 0.1) is 11.8 Å². The molecule has 2 fully saturated rings. The molecule has 0 aromatic carbocycles. The normalized spacial score (nSPS) is 36.2. The topological polar surface area (TPSA) is 52.6 Å². The van der Waals surface area contributed by atoms with Gasteiger partial charge in [-0.1, -0.05) is 12.8 Å². The molecule has 0 bridgehead atoms. The summed E-state index contributed by atoms with van der Waals surface area (Å²) in [4.78, 5) is 23.4. The molecule has 2 rings (SSSR count). The summed E-state index contributed by atoms with van der Waals surface area (Å²) in [5, 5.41) is 0. The third kappa shape index (κ3) is 2.31. The van der Waals surface area contributed by atoms with E-state index in [1.807, 2.05) is 6.92 Å². The van der Waals surface area contributed by atoms with Gasteiger partial charge in [0.2, 0.25) is 0 Å². The lowest BCUT2D eigenvalue weighted by atomic mass is 9.72. The molecule has 2 aliphatic rings. The number of hydrogen-bond acceptors (Lipinski definition) is 4. The van der Waals surface area contributed by atoms with Crippen molar-refractivity contribution in [2.75, 3.05) is 6.61 Å². The third-order valence-corrected chi connectivity index (χ3v) is 3.99. The second kappa shape index (κ2) is 4.67. The average molecular weight is 240 g/mol. The van der Waals surface area contributed by atoms with Crippen LogP contribution in [0.4, 0.5) is 0 Å². The molecule has 96 valence electrons. The van der Waals surface area contributed by atoms with Crippen molar-refractivity contribution in [2.45, 2.75) is 51.6 Å². The van der Waals surface area contributed by atoms with E-state index in [4.69, 9.17) is 9.47 Å². The highest BCUT2D eigenvalue weighted by atomic mass is 16.6. The zero-order valence-electron chi connectivity index (χ0n) is 10.5. The zero-order valence-corrected chi connectivity index (χ0v) is 10.5. The molecule has 0 aromatic heterocycles. The van der Waals surface area contributed by atoms with Gasteiger partial charge >= 0.3 is 11.9 Å². The Balaban J connectivity index is 2.08. The fourth-order valence-electron chi connectivity index (χ4n) is 3.19. The van der Waals surface area contributed by atoms with Crippen LogP contribution in [0.1, 0.15) is 46.0 Å². The molecule has 0 aromatic rings. The van der Waals surface area contributed by atoms with E-state index >= 15 is 0 Å². The maximum atomic E-state index is 11.8. The predicted octanol–water partition coefficient (Wildman–Crippen LogP) is 2.06. The molecule has 4 heteroatoms. The van der Waals surface area contributed by atoms with E-state index in [-0.39, 0.29) is 30.2 Å². The first-order valence-corrected chi connectivity index (χ1v) is 6.45. The Morgan fingerprint density at radius 1 is 1.47 bits per heavy atom. The molecule has 0 N–H and O–H groups in total. The SMILES string of the molecule is CCOC(=O)C[C@]1(C)OC(=O)[C@H]2CCCC[C@H]21. The minimum atomic E-state index is -0.644. The van der Waals surface area contributed by atoms with Gasteiger partial charge in [0, 0.05) is 5.92 Å². The second-order valence-corrected chi connectivity index (χ2v) is 5.21. The van der Waals surface area contributed by atoms with Crippen LogP contribution in [-0.2, 0) is 19.1 Å². The number of ether oxygens (including phenoxy) is 2. The van der Waals surface area contributed by atoms with Crippen LogP contribution < -0.4 is 0 Å². The Morgan fingerprint density at radius 3 is 2.88 bits per heavy atom. The van der Waals surface area contributed by atoms with Crippen molar-refractivity contribution in [3.05, 3.63) is 0 Å².